The minimum absolute atomic E-state index is 0.196. The van der Waals surface area contributed by atoms with Crippen LogP contribution in [-0.2, 0) is 5.41 Å². The molecular weight excluding hydrogens is 438 g/mol. The van der Waals surface area contributed by atoms with E-state index in [1.807, 2.05) is 54.6 Å². The molecule has 0 radical (unpaired) electrons. The van der Waals surface area contributed by atoms with Crippen LogP contribution in [0.1, 0.15) is 24.5 Å². The highest BCUT2D eigenvalue weighted by atomic mass is 35.5. The van der Waals surface area contributed by atoms with Gasteiger partial charge in [-0.25, -0.2) is 0 Å². The Kier molecular flexibility index (Phi) is 4.55. The lowest BCUT2D eigenvalue weighted by molar-refractivity contribution is 0.345. The summed E-state index contributed by atoms with van der Waals surface area (Å²) in [4.78, 5) is 0. The Morgan fingerprint density at radius 1 is 0.818 bits per heavy atom. The Bertz CT molecular complexity index is 1440. The van der Waals surface area contributed by atoms with Gasteiger partial charge in [0.15, 0.2) is 5.76 Å². The van der Waals surface area contributed by atoms with E-state index < -0.39 is 5.41 Å². The first-order valence-electron chi connectivity index (χ1n) is 10.6. The average molecular weight is 456 g/mol. The second kappa shape index (κ2) is 7.60. The predicted octanol–water partition coefficient (Wildman–Crippen LogP) is 6.50. The van der Waals surface area contributed by atoms with Gasteiger partial charge >= 0.3 is 0 Å². The summed E-state index contributed by atoms with van der Waals surface area (Å²) in [6, 6.07) is 24.3. The molecule has 0 atom stereocenters. The Hall–Kier alpha value is -3.90. The van der Waals surface area contributed by atoms with Crippen molar-refractivity contribution in [1.82, 2.24) is 15.4 Å². The molecule has 0 amide bonds. The van der Waals surface area contributed by atoms with Gasteiger partial charge < -0.3 is 14.0 Å². The molecule has 1 aliphatic carbocycles. The molecule has 0 saturated heterocycles. The van der Waals surface area contributed by atoms with Gasteiger partial charge in [-0.2, -0.15) is 0 Å². The molecule has 0 spiro atoms. The predicted molar refractivity (Wildman–Crippen MR) is 124 cm³/mol. The van der Waals surface area contributed by atoms with Crippen LogP contribution in [0.2, 0.25) is 5.02 Å². The Balaban J connectivity index is 1.48. The highest BCUT2D eigenvalue weighted by Gasteiger charge is 2.56. The zero-order valence-electron chi connectivity index (χ0n) is 17.4. The third kappa shape index (κ3) is 3.39. The molecule has 6 nitrogen and oxygen atoms in total. The van der Waals surface area contributed by atoms with E-state index in [1.165, 1.54) is 0 Å². The highest BCUT2D eigenvalue weighted by Crippen LogP contribution is 2.57. The van der Waals surface area contributed by atoms with Crippen molar-refractivity contribution in [2.45, 2.75) is 18.3 Å². The molecule has 2 heterocycles. The molecule has 0 unspecified atom stereocenters. The van der Waals surface area contributed by atoms with Crippen LogP contribution in [0.15, 0.2) is 87.8 Å². The summed E-state index contributed by atoms with van der Waals surface area (Å²) >= 11 is 6.13. The van der Waals surface area contributed by atoms with E-state index in [-0.39, 0.29) is 5.75 Å². The van der Waals surface area contributed by atoms with E-state index in [0.29, 0.717) is 28.3 Å². The summed E-state index contributed by atoms with van der Waals surface area (Å²) in [5, 5.41) is 23.4. The Labute approximate surface area is 194 Å². The standard InChI is InChI=1S/C26H18ClN3O3/c27-19-8-4-7-18(15-19)24-28-29-25(32-24)26(13-14-26)23-21(16-5-2-1-3-6-16)22(30-33-23)17-9-11-20(31)12-10-17/h1-12,15,31H,13-14H2. The van der Waals surface area contributed by atoms with Crippen LogP contribution in [0.4, 0.5) is 0 Å². The van der Waals surface area contributed by atoms with Crippen LogP contribution < -0.4 is 0 Å². The number of phenols is 1. The number of phenolic OH excluding ortho intramolecular Hbond substituents is 1. The fourth-order valence-electron chi connectivity index (χ4n) is 4.12. The van der Waals surface area contributed by atoms with Crippen LogP contribution in [0.3, 0.4) is 0 Å². The number of rotatable bonds is 5. The van der Waals surface area contributed by atoms with Gasteiger partial charge in [0.1, 0.15) is 16.9 Å². The zero-order valence-corrected chi connectivity index (χ0v) is 18.2. The second-order valence-electron chi connectivity index (χ2n) is 8.15. The largest absolute Gasteiger partial charge is 0.508 e. The van der Waals surface area contributed by atoms with E-state index >= 15 is 0 Å². The van der Waals surface area contributed by atoms with Crippen LogP contribution in [-0.4, -0.2) is 20.5 Å². The van der Waals surface area contributed by atoms with Crippen molar-refractivity contribution in [2.75, 3.05) is 0 Å². The molecule has 0 aliphatic heterocycles. The minimum atomic E-state index is -0.531. The van der Waals surface area contributed by atoms with Gasteiger partial charge in [0.25, 0.3) is 0 Å². The summed E-state index contributed by atoms with van der Waals surface area (Å²) in [6.45, 7) is 0. The molecule has 162 valence electrons. The zero-order chi connectivity index (χ0) is 22.4. The maximum atomic E-state index is 9.72. The maximum Gasteiger partial charge on any atom is 0.247 e. The quantitative estimate of drug-likeness (QED) is 0.325. The van der Waals surface area contributed by atoms with E-state index in [4.69, 9.17) is 20.5 Å². The molecule has 1 saturated carbocycles. The van der Waals surface area contributed by atoms with Gasteiger partial charge in [0, 0.05) is 16.1 Å². The van der Waals surface area contributed by atoms with Crippen molar-refractivity contribution in [3.63, 3.8) is 0 Å². The molecule has 5 aromatic rings. The van der Waals surface area contributed by atoms with Gasteiger partial charge in [0.2, 0.25) is 11.8 Å². The maximum absolute atomic E-state index is 9.72. The van der Waals surface area contributed by atoms with Gasteiger partial charge in [-0.05, 0) is 60.9 Å². The molecule has 3 aromatic carbocycles. The normalized spacial score (nSPS) is 14.3. The molecule has 1 aliphatic rings. The van der Waals surface area contributed by atoms with E-state index in [0.717, 1.165) is 35.1 Å². The Morgan fingerprint density at radius 3 is 2.30 bits per heavy atom. The summed E-state index contributed by atoms with van der Waals surface area (Å²) in [5.41, 5.74) is 3.67. The fourth-order valence-corrected chi connectivity index (χ4v) is 4.31. The molecule has 1 N–H and O–H groups in total. The number of aromatic hydroxyl groups is 1. The van der Waals surface area contributed by atoms with Crippen LogP contribution >= 0.6 is 11.6 Å². The lowest BCUT2D eigenvalue weighted by atomic mass is 9.92. The number of hydrogen-bond acceptors (Lipinski definition) is 6. The van der Waals surface area contributed by atoms with Crippen molar-refractivity contribution in [3.8, 4) is 39.6 Å². The monoisotopic (exact) mass is 455 g/mol. The summed E-state index contributed by atoms with van der Waals surface area (Å²) in [6.07, 6.45) is 1.63. The van der Waals surface area contributed by atoms with Gasteiger partial charge in [-0.3, -0.25) is 0 Å². The van der Waals surface area contributed by atoms with E-state index in [1.54, 1.807) is 24.3 Å². The topological polar surface area (TPSA) is 85.2 Å². The van der Waals surface area contributed by atoms with Crippen molar-refractivity contribution in [3.05, 3.63) is 95.5 Å². The SMILES string of the molecule is Oc1ccc(-c2noc(C3(c4nnc(-c5cccc(Cl)c5)o4)CC3)c2-c2ccccc2)cc1. The number of hydrogen-bond donors (Lipinski definition) is 1. The molecule has 0 bridgehead atoms. The lowest BCUT2D eigenvalue weighted by Gasteiger charge is -2.10. The fraction of sp³-hybridized carbons (Fsp3) is 0.115. The average Bonchev–Trinajstić information content (AvgIpc) is 3.28. The number of nitrogens with zero attached hydrogens (tertiary/aromatic N) is 3. The first-order valence-corrected chi connectivity index (χ1v) is 11.0. The van der Waals surface area contributed by atoms with Crippen LogP contribution in [0, 0.1) is 0 Å². The van der Waals surface area contributed by atoms with E-state index in [9.17, 15) is 5.11 Å². The van der Waals surface area contributed by atoms with Gasteiger partial charge in [-0.15, -0.1) is 10.2 Å². The third-order valence-corrected chi connectivity index (χ3v) is 6.22. The smallest absolute Gasteiger partial charge is 0.247 e. The van der Waals surface area contributed by atoms with Crippen molar-refractivity contribution >= 4 is 11.6 Å². The van der Waals surface area contributed by atoms with Crippen LogP contribution in [0.25, 0.3) is 33.8 Å². The molecular formula is C26H18ClN3O3. The summed E-state index contributed by atoms with van der Waals surface area (Å²) in [7, 11) is 0. The van der Waals surface area contributed by atoms with Crippen molar-refractivity contribution in [1.29, 1.82) is 0 Å². The van der Waals surface area contributed by atoms with E-state index in [2.05, 4.69) is 15.4 Å². The summed E-state index contributed by atoms with van der Waals surface area (Å²) in [5.74, 6) is 1.82. The highest BCUT2D eigenvalue weighted by molar-refractivity contribution is 6.30. The third-order valence-electron chi connectivity index (χ3n) is 5.99. The molecule has 7 heteroatoms. The first-order chi connectivity index (χ1) is 16.1. The number of halogens is 1. The Morgan fingerprint density at radius 2 is 1.58 bits per heavy atom. The summed E-state index contributed by atoms with van der Waals surface area (Å²) < 4.78 is 12.1. The molecule has 2 aromatic heterocycles. The first kappa shape index (κ1) is 19.8. The minimum Gasteiger partial charge on any atom is -0.508 e. The number of aromatic nitrogens is 3. The van der Waals surface area contributed by atoms with Crippen LogP contribution in [0.5, 0.6) is 5.75 Å². The lowest BCUT2D eigenvalue weighted by Crippen LogP contribution is -2.09. The number of benzene rings is 3. The molecule has 33 heavy (non-hydrogen) atoms. The van der Waals surface area contributed by atoms with Gasteiger partial charge in [0.05, 0.1) is 5.56 Å². The molecule has 6 rings (SSSR count). The van der Waals surface area contributed by atoms with Gasteiger partial charge in [-0.1, -0.05) is 53.2 Å². The second-order valence-corrected chi connectivity index (χ2v) is 8.59. The van der Waals surface area contributed by atoms with Crippen molar-refractivity contribution < 1.29 is 14.0 Å². The molecule has 1 fully saturated rings. The van der Waals surface area contributed by atoms with Crippen molar-refractivity contribution in [2.24, 2.45) is 0 Å².